The van der Waals surface area contributed by atoms with Gasteiger partial charge in [-0.15, -0.1) is 0 Å². The largest absolute Gasteiger partial charge is 0.0619 e. The highest BCUT2D eigenvalue weighted by Gasteiger charge is 2.41. The topological polar surface area (TPSA) is 0 Å². The monoisotopic (exact) mass is 360 g/mol. The van der Waals surface area contributed by atoms with Crippen molar-refractivity contribution < 1.29 is 0 Å². The first-order valence-electron chi connectivity index (χ1n) is 9.97. The van der Waals surface area contributed by atoms with Crippen LogP contribution in [0, 0.1) is 13.8 Å². The van der Waals surface area contributed by atoms with Crippen LogP contribution in [0.1, 0.15) is 34.7 Å². The van der Waals surface area contributed by atoms with Crippen molar-refractivity contribution in [2.75, 3.05) is 0 Å². The van der Waals surface area contributed by atoms with Gasteiger partial charge >= 0.3 is 0 Å². The van der Waals surface area contributed by atoms with Gasteiger partial charge in [0, 0.05) is 5.41 Å². The Morgan fingerprint density at radius 1 is 0.500 bits per heavy atom. The molecule has 0 bridgehead atoms. The molecular weight excluding hydrogens is 336 g/mol. The van der Waals surface area contributed by atoms with E-state index < -0.39 is 0 Å². The quantitative estimate of drug-likeness (QED) is 0.352. The maximum absolute atomic E-state index is 2.39. The van der Waals surface area contributed by atoms with Crippen LogP contribution < -0.4 is 0 Å². The SMILES string of the molecule is Cc1ccc(C)c(-c2ccccc2C2(C)c3ccccc3-c3ccccc32)c1. The average molecular weight is 361 g/mol. The Morgan fingerprint density at radius 2 is 0.929 bits per heavy atom. The lowest BCUT2D eigenvalue weighted by atomic mass is 9.71. The smallest absolute Gasteiger partial charge is 0.0441 e. The van der Waals surface area contributed by atoms with E-state index in [-0.39, 0.29) is 5.41 Å². The molecule has 5 rings (SSSR count). The van der Waals surface area contributed by atoms with Crippen LogP contribution in [0.2, 0.25) is 0 Å². The molecule has 0 heterocycles. The summed E-state index contributed by atoms with van der Waals surface area (Å²) in [6.07, 6.45) is 0. The van der Waals surface area contributed by atoms with Gasteiger partial charge in [-0.05, 0) is 65.3 Å². The van der Waals surface area contributed by atoms with Crippen molar-refractivity contribution in [3.05, 3.63) is 119 Å². The first-order valence-corrected chi connectivity index (χ1v) is 9.97. The third kappa shape index (κ3) is 2.31. The molecule has 0 saturated heterocycles. The Kier molecular flexibility index (Phi) is 3.77. The molecule has 0 fully saturated rings. The van der Waals surface area contributed by atoms with E-state index in [0.29, 0.717) is 0 Å². The molecule has 1 aliphatic carbocycles. The van der Waals surface area contributed by atoms with Crippen molar-refractivity contribution in [3.63, 3.8) is 0 Å². The molecule has 0 nitrogen and oxygen atoms in total. The predicted octanol–water partition coefficient (Wildman–Crippen LogP) is 7.31. The predicted molar refractivity (Wildman–Crippen MR) is 119 cm³/mol. The minimum Gasteiger partial charge on any atom is -0.0619 e. The first kappa shape index (κ1) is 17.0. The second-order valence-electron chi connectivity index (χ2n) is 8.08. The zero-order valence-corrected chi connectivity index (χ0v) is 16.7. The van der Waals surface area contributed by atoms with E-state index in [1.54, 1.807) is 0 Å². The summed E-state index contributed by atoms with van der Waals surface area (Å²) in [6.45, 7) is 6.78. The Bertz CT molecular complexity index is 1150. The fourth-order valence-electron chi connectivity index (χ4n) is 4.92. The molecule has 1 aliphatic rings. The zero-order valence-electron chi connectivity index (χ0n) is 16.7. The Balaban J connectivity index is 1.85. The number of aryl methyl sites for hydroxylation is 2. The number of benzene rings is 4. The highest BCUT2D eigenvalue weighted by atomic mass is 14.4. The summed E-state index contributed by atoms with van der Waals surface area (Å²) in [5, 5.41) is 0. The van der Waals surface area contributed by atoms with Crippen molar-refractivity contribution in [2.24, 2.45) is 0 Å². The number of hydrogen-bond acceptors (Lipinski definition) is 0. The van der Waals surface area contributed by atoms with Crippen LogP contribution in [-0.4, -0.2) is 0 Å². The first-order chi connectivity index (χ1) is 13.6. The van der Waals surface area contributed by atoms with E-state index in [9.17, 15) is 0 Å². The fraction of sp³-hybridized carbons (Fsp3) is 0.143. The van der Waals surface area contributed by atoms with Crippen LogP contribution in [0.3, 0.4) is 0 Å². The molecule has 0 N–H and O–H groups in total. The highest BCUT2D eigenvalue weighted by Crippen LogP contribution is 2.54. The average Bonchev–Trinajstić information content (AvgIpc) is 3.00. The van der Waals surface area contributed by atoms with Crippen LogP contribution in [0.15, 0.2) is 91.0 Å². The molecular formula is C28H24. The van der Waals surface area contributed by atoms with Crippen molar-refractivity contribution in [2.45, 2.75) is 26.2 Å². The van der Waals surface area contributed by atoms with Gasteiger partial charge in [0.25, 0.3) is 0 Å². The minimum atomic E-state index is -0.167. The Hall–Kier alpha value is -3.12. The van der Waals surface area contributed by atoms with Gasteiger partial charge < -0.3 is 0 Å². The van der Waals surface area contributed by atoms with Crippen LogP contribution in [0.25, 0.3) is 22.3 Å². The van der Waals surface area contributed by atoms with E-state index in [0.717, 1.165) is 0 Å². The number of fused-ring (bicyclic) bond motifs is 3. The molecule has 0 amide bonds. The summed E-state index contributed by atoms with van der Waals surface area (Å²) in [7, 11) is 0. The Morgan fingerprint density at radius 3 is 1.43 bits per heavy atom. The van der Waals surface area contributed by atoms with Gasteiger partial charge in [-0.1, -0.05) is 96.6 Å². The maximum Gasteiger partial charge on any atom is 0.0441 e. The lowest BCUT2D eigenvalue weighted by molar-refractivity contribution is 0.716. The van der Waals surface area contributed by atoms with E-state index in [1.165, 1.54) is 50.1 Å². The lowest BCUT2D eigenvalue weighted by Crippen LogP contribution is -2.23. The van der Waals surface area contributed by atoms with Crippen LogP contribution in [-0.2, 0) is 5.41 Å². The number of rotatable bonds is 2. The van der Waals surface area contributed by atoms with Gasteiger partial charge in [0.05, 0.1) is 0 Å². The molecule has 0 aromatic heterocycles. The van der Waals surface area contributed by atoms with Crippen molar-refractivity contribution in [3.8, 4) is 22.3 Å². The molecule has 0 atom stereocenters. The van der Waals surface area contributed by atoms with Crippen LogP contribution in [0.4, 0.5) is 0 Å². The van der Waals surface area contributed by atoms with Gasteiger partial charge in [-0.25, -0.2) is 0 Å². The molecule has 0 unspecified atom stereocenters. The van der Waals surface area contributed by atoms with Crippen LogP contribution >= 0.6 is 0 Å². The maximum atomic E-state index is 2.39. The number of hydrogen-bond donors (Lipinski definition) is 0. The van der Waals surface area contributed by atoms with Crippen molar-refractivity contribution in [1.82, 2.24) is 0 Å². The fourth-order valence-corrected chi connectivity index (χ4v) is 4.92. The van der Waals surface area contributed by atoms with Gasteiger partial charge in [-0.3, -0.25) is 0 Å². The summed E-state index contributed by atoms with van der Waals surface area (Å²) >= 11 is 0. The molecule has 0 heteroatoms. The molecule has 0 aliphatic heterocycles. The van der Waals surface area contributed by atoms with Crippen molar-refractivity contribution >= 4 is 0 Å². The van der Waals surface area contributed by atoms with E-state index in [1.807, 2.05) is 0 Å². The van der Waals surface area contributed by atoms with Crippen LogP contribution in [0.5, 0.6) is 0 Å². The van der Waals surface area contributed by atoms with Crippen molar-refractivity contribution in [1.29, 1.82) is 0 Å². The standard InChI is InChI=1S/C28H24/c1-19-16-17-20(2)24(18-19)23-12-6-9-15-27(23)28(3)25-13-7-4-10-21(25)22-11-5-8-14-26(22)28/h4-18H,1-3H3. The second-order valence-corrected chi connectivity index (χ2v) is 8.08. The minimum absolute atomic E-state index is 0.167. The molecule has 4 aromatic carbocycles. The third-order valence-corrected chi connectivity index (χ3v) is 6.37. The summed E-state index contributed by atoms with van der Waals surface area (Å²) in [6, 6.07) is 33.5. The third-order valence-electron chi connectivity index (χ3n) is 6.37. The second kappa shape index (κ2) is 6.21. The molecule has 0 saturated carbocycles. The highest BCUT2D eigenvalue weighted by molar-refractivity contribution is 5.86. The van der Waals surface area contributed by atoms with E-state index >= 15 is 0 Å². The summed E-state index contributed by atoms with van der Waals surface area (Å²) < 4.78 is 0. The Labute approximate surface area is 167 Å². The van der Waals surface area contributed by atoms with E-state index in [2.05, 4.69) is 112 Å². The molecule has 28 heavy (non-hydrogen) atoms. The summed E-state index contributed by atoms with van der Waals surface area (Å²) in [4.78, 5) is 0. The zero-order chi connectivity index (χ0) is 19.3. The summed E-state index contributed by atoms with van der Waals surface area (Å²) in [5.41, 5.74) is 12.0. The molecule has 0 radical (unpaired) electrons. The van der Waals surface area contributed by atoms with E-state index in [4.69, 9.17) is 0 Å². The summed E-state index contributed by atoms with van der Waals surface area (Å²) in [5.74, 6) is 0. The normalized spacial score (nSPS) is 13.8. The molecule has 0 spiro atoms. The van der Waals surface area contributed by atoms with Gasteiger partial charge in [0.2, 0.25) is 0 Å². The molecule has 136 valence electrons. The lowest BCUT2D eigenvalue weighted by Gasteiger charge is -2.31. The van der Waals surface area contributed by atoms with Gasteiger partial charge in [-0.2, -0.15) is 0 Å². The van der Waals surface area contributed by atoms with Gasteiger partial charge in [0.15, 0.2) is 0 Å². The van der Waals surface area contributed by atoms with Gasteiger partial charge in [0.1, 0.15) is 0 Å². The molecule has 4 aromatic rings.